The molecule has 26 heavy (non-hydrogen) atoms. The van der Waals surface area contributed by atoms with Gasteiger partial charge in [-0.25, -0.2) is 8.42 Å². The number of hydrogen-bond donors (Lipinski definition) is 0. The van der Waals surface area contributed by atoms with E-state index >= 15 is 0 Å². The molecular weight excluding hydrogens is 348 g/mol. The molecule has 0 N–H and O–H groups in total. The molecule has 1 heterocycles. The van der Waals surface area contributed by atoms with Gasteiger partial charge in [0.2, 0.25) is 15.9 Å². The molecule has 0 radical (unpaired) electrons. The second-order valence-corrected chi connectivity index (χ2v) is 9.72. The number of hydrogen-bond acceptors (Lipinski definition) is 3. The fourth-order valence-corrected chi connectivity index (χ4v) is 4.55. The standard InChI is InChI=1S/C20H32N2O3S/c1-15(2)18-8-6-7-17(4)20(18)22(26(5,24)25)14-11-19(23)21-12-9-16(3)10-13-21/h6-8,15-16H,9-14H2,1-5H3. The van der Waals surface area contributed by atoms with Crippen molar-refractivity contribution in [2.45, 2.75) is 52.9 Å². The van der Waals surface area contributed by atoms with Crippen molar-refractivity contribution in [1.82, 2.24) is 4.90 Å². The largest absolute Gasteiger partial charge is 0.343 e. The Morgan fingerprint density at radius 2 is 1.88 bits per heavy atom. The molecule has 0 unspecified atom stereocenters. The number of para-hydroxylation sites is 1. The number of aryl methyl sites for hydroxylation is 1. The molecule has 0 atom stereocenters. The first kappa shape index (κ1) is 20.7. The van der Waals surface area contributed by atoms with Gasteiger partial charge >= 0.3 is 0 Å². The lowest BCUT2D eigenvalue weighted by Crippen LogP contribution is -2.40. The fourth-order valence-electron chi connectivity index (χ4n) is 3.54. The van der Waals surface area contributed by atoms with E-state index in [4.69, 9.17) is 0 Å². The van der Waals surface area contributed by atoms with Gasteiger partial charge in [-0.2, -0.15) is 0 Å². The zero-order valence-corrected chi connectivity index (χ0v) is 17.5. The number of sulfonamides is 1. The maximum atomic E-state index is 12.6. The summed E-state index contributed by atoms with van der Waals surface area (Å²) in [5.74, 6) is 0.908. The number of rotatable bonds is 6. The molecule has 2 rings (SSSR count). The Hall–Kier alpha value is -1.56. The molecule has 1 fully saturated rings. The first-order valence-electron chi connectivity index (χ1n) is 9.46. The maximum Gasteiger partial charge on any atom is 0.232 e. The van der Waals surface area contributed by atoms with Crippen molar-refractivity contribution in [2.75, 3.05) is 30.2 Å². The van der Waals surface area contributed by atoms with Crippen LogP contribution in [0.2, 0.25) is 0 Å². The molecule has 1 aromatic carbocycles. The maximum absolute atomic E-state index is 12.6. The van der Waals surface area contributed by atoms with Crippen molar-refractivity contribution >= 4 is 21.6 Å². The first-order chi connectivity index (χ1) is 12.1. The molecule has 0 spiro atoms. The summed E-state index contributed by atoms with van der Waals surface area (Å²) in [5.41, 5.74) is 2.64. The summed E-state index contributed by atoms with van der Waals surface area (Å²) < 4.78 is 26.4. The van der Waals surface area contributed by atoms with Gasteiger partial charge in [-0.3, -0.25) is 9.10 Å². The van der Waals surface area contributed by atoms with Crippen molar-refractivity contribution in [3.05, 3.63) is 29.3 Å². The minimum Gasteiger partial charge on any atom is -0.343 e. The van der Waals surface area contributed by atoms with Crippen LogP contribution in [0.25, 0.3) is 0 Å². The zero-order valence-electron chi connectivity index (χ0n) is 16.7. The summed E-state index contributed by atoms with van der Waals surface area (Å²) in [6, 6.07) is 5.85. The highest BCUT2D eigenvalue weighted by Gasteiger charge is 2.26. The van der Waals surface area contributed by atoms with Crippen LogP contribution < -0.4 is 4.31 Å². The summed E-state index contributed by atoms with van der Waals surface area (Å²) in [7, 11) is -3.47. The SMILES string of the molecule is Cc1cccc(C(C)C)c1N(CCC(=O)N1CCC(C)CC1)S(C)(=O)=O. The summed E-state index contributed by atoms with van der Waals surface area (Å²) in [6.45, 7) is 9.99. The van der Waals surface area contributed by atoms with E-state index in [1.54, 1.807) is 0 Å². The van der Waals surface area contributed by atoms with Crippen LogP contribution in [0.3, 0.4) is 0 Å². The molecule has 5 nitrogen and oxygen atoms in total. The minimum atomic E-state index is -3.47. The summed E-state index contributed by atoms with van der Waals surface area (Å²) in [4.78, 5) is 14.5. The van der Waals surface area contributed by atoms with Crippen LogP contribution >= 0.6 is 0 Å². The molecule has 0 aromatic heterocycles. The number of likely N-dealkylation sites (tertiary alicyclic amines) is 1. The predicted octanol–water partition coefficient (Wildman–Crippen LogP) is 3.53. The van der Waals surface area contributed by atoms with E-state index in [9.17, 15) is 13.2 Å². The van der Waals surface area contributed by atoms with Crippen LogP contribution in [-0.2, 0) is 14.8 Å². The van der Waals surface area contributed by atoms with Crippen LogP contribution in [0, 0.1) is 12.8 Å². The number of carbonyl (C=O) groups is 1. The van der Waals surface area contributed by atoms with Crippen LogP contribution in [-0.4, -0.2) is 45.1 Å². The number of carbonyl (C=O) groups excluding carboxylic acids is 1. The Labute approximate surface area is 158 Å². The molecule has 1 aliphatic rings. The number of nitrogens with zero attached hydrogens (tertiary/aromatic N) is 2. The normalized spacial score (nSPS) is 16.2. The van der Waals surface area contributed by atoms with E-state index < -0.39 is 10.0 Å². The van der Waals surface area contributed by atoms with Gasteiger partial charge in [0.1, 0.15) is 0 Å². The van der Waals surface area contributed by atoms with Crippen molar-refractivity contribution < 1.29 is 13.2 Å². The molecule has 1 aliphatic heterocycles. The predicted molar refractivity (Wildman–Crippen MR) is 107 cm³/mol. The number of amides is 1. The number of benzene rings is 1. The van der Waals surface area contributed by atoms with Gasteiger partial charge in [-0.15, -0.1) is 0 Å². The van der Waals surface area contributed by atoms with E-state index in [2.05, 4.69) is 20.8 Å². The van der Waals surface area contributed by atoms with Crippen molar-refractivity contribution in [1.29, 1.82) is 0 Å². The Morgan fingerprint density at radius 3 is 2.42 bits per heavy atom. The van der Waals surface area contributed by atoms with E-state index in [-0.39, 0.29) is 24.8 Å². The van der Waals surface area contributed by atoms with E-state index in [1.807, 2.05) is 30.0 Å². The number of anilines is 1. The second-order valence-electron chi connectivity index (χ2n) is 7.82. The average molecular weight is 381 g/mol. The summed E-state index contributed by atoms with van der Waals surface area (Å²) in [5, 5.41) is 0. The van der Waals surface area contributed by atoms with Gasteiger partial charge in [0.05, 0.1) is 11.9 Å². The smallest absolute Gasteiger partial charge is 0.232 e. The third-order valence-electron chi connectivity index (χ3n) is 5.21. The van der Waals surface area contributed by atoms with E-state index in [1.165, 1.54) is 10.6 Å². The van der Waals surface area contributed by atoms with E-state index in [0.717, 1.165) is 42.7 Å². The highest BCUT2D eigenvalue weighted by Crippen LogP contribution is 2.32. The third-order valence-corrected chi connectivity index (χ3v) is 6.37. The molecule has 0 saturated carbocycles. The van der Waals surface area contributed by atoms with E-state index in [0.29, 0.717) is 5.92 Å². The first-order valence-corrected chi connectivity index (χ1v) is 11.3. The van der Waals surface area contributed by atoms with Crippen molar-refractivity contribution in [2.24, 2.45) is 5.92 Å². The second kappa shape index (κ2) is 8.42. The molecule has 0 bridgehead atoms. The summed E-state index contributed by atoms with van der Waals surface area (Å²) >= 11 is 0. The lowest BCUT2D eigenvalue weighted by Gasteiger charge is -2.32. The molecule has 146 valence electrons. The lowest BCUT2D eigenvalue weighted by molar-refractivity contribution is -0.132. The Balaban J connectivity index is 2.21. The highest BCUT2D eigenvalue weighted by molar-refractivity contribution is 7.92. The average Bonchev–Trinajstić information content (AvgIpc) is 2.55. The van der Waals surface area contributed by atoms with Crippen molar-refractivity contribution in [3.63, 3.8) is 0 Å². The van der Waals surface area contributed by atoms with Crippen LogP contribution in [0.15, 0.2) is 18.2 Å². The molecular formula is C20H32N2O3S. The van der Waals surface area contributed by atoms with Gasteiger partial charge < -0.3 is 4.90 Å². The van der Waals surface area contributed by atoms with Gasteiger partial charge in [0, 0.05) is 26.1 Å². The molecule has 1 saturated heterocycles. The highest BCUT2D eigenvalue weighted by atomic mass is 32.2. The fraction of sp³-hybridized carbons (Fsp3) is 0.650. The minimum absolute atomic E-state index is 0.0465. The topological polar surface area (TPSA) is 57.7 Å². The van der Waals surface area contributed by atoms with Crippen LogP contribution in [0.1, 0.15) is 57.1 Å². The summed E-state index contributed by atoms with van der Waals surface area (Å²) in [6.07, 6.45) is 3.48. The van der Waals surface area contributed by atoms with Gasteiger partial charge in [-0.05, 0) is 42.7 Å². The molecule has 1 aromatic rings. The van der Waals surface area contributed by atoms with Crippen molar-refractivity contribution in [3.8, 4) is 0 Å². The quantitative estimate of drug-likeness (QED) is 0.758. The third kappa shape index (κ3) is 5.00. The Morgan fingerprint density at radius 1 is 1.27 bits per heavy atom. The zero-order chi connectivity index (χ0) is 19.5. The Kier molecular flexibility index (Phi) is 6.72. The Bertz CT molecular complexity index is 735. The molecule has 0 aliphatic carbocycles. The molecule has 6 heteroatoms. The van der Waals surface area contributed by atoms with Crippen LogP contribution in [0.4, 0.5) is 5.69 Å². The monoisotopic (exact) mass is 380 g/mol. The van der Waals surface area contributed by atoms with Gasteiger partial charge in [-0.1, -0.05) is 39.0 Å². The van der Waals surface area contributed by atoms with Gasteiger partial charge in [0.25, 0.3) is 0 Å². The molecule has 1 amide bonds. The lowest BCUT2D eigenvalue weighted by atomic mass is 9.98. The van der Waals surface area contributed by atoms with Crippen LogP contribution in [0.5, 0.6) is 0 Å². The number of piperidine rings is 1. The van der Waals surface area contributed by atoms with Gasteiger partial charge in [0.15, 0.2) is 0 Å².